The number of hydrogen-bond acceptors (Lipinski definition) is 4. The van der Waals surface area contributed by atoms with Gasteiger partial charge in [-0.25, -0.2) is 8.42 Å². The molecule has 1 amide bonds. The van der Waals surface area contributed by atoms with E-state index in [1.165, 1.54) is 0 Å². The number of rotatable bonds is 8. The summed E-state index contributed by atoms with van der Waals surface area (Å²) in [5, 5.41) is 2.40. The van der Waals surface area contributed by atoms with Crippen molar-refractivity contribution < 1.29 is 31.1 Å². The van der Waals surface area contributed by atoms with Gasteiger partial charge in [0.1, 0.15) is 18.9 Å². The van der Waals surface area contributed by atoms with Crippen molar-refractivity contribution in [1.29, 1.82) is 0 Å². The van der Waals surface area contributed by atoms with Gasteiger partial charge in [0, 0.05) is 5.02 Å². The van der Waals surface area contributed by atoms with E-state index in [9.17, 15) is 26.4 Å². The number of carbonyl (C=O) groups is 1. The molecule has 2 aromatic rings. The van der Waals surface area contributed by atoms with Crippen LogP contribution in [0.3, 0.4) is 0 Å². The Balaban J connectivity index is 2.03. The van der Waals surface area contributed by atoms with Crippen LogP contribution in [-0.2, 0) is 21.0 Å². The average Bonchev–Trinajstić information content (AvgIpc) is 2.65. The molecule has 0 spiro atoms. The van der Waals surface area contributed by atoms with Gasteiger partial charge < -0.3 is 10.1 Å². The summed E-state index contributed by atoms with van der Waals surface area (Å²) in [5.41, 5.74) is -0.662. The Hall–Kier alpha value is -2.17. The minimum absolute atomic E-state index is 0.0380. The maximum atomic E-state index is 13.1. The van der Waals surface area contributed by atoms with E-state index in [1.54, 1.807) is 18.2 Å². The van der Waals surface area contributed by atoms with Gasteiger partial charge in [-0.15, -0.1) is 0 Å². The fraction of sp³-hybridized carbons (Fsp3) is 0.316. The second kappa shape index (κ2) is 9.97. The summed E-state index contributed by atoms with van der Waals surface area (Å²) in [6.07, 6.45) is -4.00. The Morgan fingerprint density at radius 3 is 2.39 bits per heavy atom. The first-order chi connectivity index (χ1) is 14.3. The van der Waals surface area contributed by atoms with Crippen molar-refractivity contribution in [2.24, 2.45) is 0 Å². The molecule has 0 aliphatic carbocycles. The summed E-state index contributed by atoms with van der Waals surface area (Å²) in [6.45, 7) is 1.23. The normalized spacial score (nSPS) is 11.8. The number of nitrogens with one attached hydrogen (secondary N) is 1. The molecule has 2 aromatic carbocycles. The third-order valence-corrected chi connectivity index (χ3v) is 5.94. The number of alkyl halides is 3. The molecule has 0 atom stereocenters. The predicted octanol–water partition coefficient (Wildman–Crippen LogP) is 4.28. The molecular weight excluding hydrogens is 480 g/mol. The van der Waals surface area contributed by atoms with Crippen LogP contribution >= 0.6 is 23.2 Å². The zero-order chi connectivity index (χ0) is 23.4. The summed E-state index contributed by atoms with van der Waals surface area (Å²) in [5.74, 6) is -0.233. The lowest BCUT2D eigenvalue weighted by Crippen LogP contribution is -2.41. The third-order valence-electron chi connectivity index (χ3n) is 4.07. The molecule has 6 nitrogen and oxygen atoms in total. The number of carbonyl (C=O) groups excluding carboxylic acids is 1. The van der Waals surface area contributed by atoms with Crippen LogP contribution in [0.2, 0.25) is 10.0 Å². The standard InChI is InChI=1S/C19H19Cl2F3N2O4S/c1-12-3-5-14(10-17(12)21)30-8-7-25-18(27)11-26(31(2,28)29)13-4-6-16(20)15(9-13)19(22,23)24/h3-6,9-10H,7-8,11H2,1-2H3,(H,25,27). The van der Waals surface area contributed by atoms with Gasteiger partial charge >= 0.3 is 6.18 Å². The van der Waals surface area contributed by atoms with Crippen LogP contribution in [-0.4, -0.2) is 40.3 Å². The van der Waals surface area contributed by atoms with Gasteiger partial charge in [0.25, 0.3) is 0 Å². The van der Waals surface area contributed by atoms with Crippen LogP contribution in [0.4, 0.5) is 18.9 Å². The molecule has 0 aliphatic heterocycles. The molecule has 0 fully saturated rings. The Morgan fingerprint density at radius 2 is 1.81 bits per heavy atom. The highest BCUT2D eigenvalue weighted by Crippen LogP contribution is 2.37. The van der Waals surface area contributed by atoms with Crippen molar-refractivity contribution in [3.8, 4) is 5.75 Å². The lowest BCUT2D eigenvalue weighted by Gasteiger charge is -2.23. The topological polar surface area (TPSA) is 75.7 Å². The van der Waals surface area contributed by atoms with E-state index in [1.807, 2.05) is 6.92 Å². The number of amides is 1. The fourth-order valence-corrected chi connectivity index (χ4v) is 3.74. The summed E-state index contributed by atoms with van der Waals surface area (Å²) < 4.78 is 69.4. The second-order valence-corrected chi connectivity index (χ2v) is 9.26. The Bertz CT molecular complexity index is 1060. The van der Waals surface area contributed by atoms with Crippen LogP contribution in [0.5, 0.6) is 5.75 Å². The molecule has 1 N–H and O–H groups in total. The number of sulfonamides is 1. The summed E-state index contributed by atoms with van der Waals surface area (Å²) in [6, 6.07) is 7.69. The molecule has 0 radical (unpaired) electrons. The molecule has 0 saturated carbocycles. The average molecular weight is 499 g/mol. The van der Waals surface area contributed by atoms with E-state index < -0.39 is 39.2 Å². The van der Waals surface area contributed by atoms with Crippen LogP contribution in [0.15, 0.2) is 36.4 Å². The van der Waals surface area contributed by atoms with E-state index >= 15 is 0 Å². The fourth-order valence-electron chi connectivity index (χ4n) is 2.49. The minimum atomic E-state index is -4.78. The largest absolute Gasteiger partial charge is 0.492 e. The first-order valence-corrected chi connectivity index (χ1v) is 11.4. The number of anilines is 1. The van der Waals surface area contributed by atoms with Gasteiger partial charge in [-0.1, -0.05) is 29.3 Å². The summed E-state index contributed by atoms with van der Waals surface area (Å²) in [4.78, 5) is 12.2. The lowest BCUT2D eigenvalue weighted by molar-refractivity contribution is -0.137. The summed E-state index contributed by atoms with van der Waals surface area (Å²) >= 11 is 11.6. The number of benzene rings is 2. The first kappa shape index (κ1) is 25.1. The Morgan fingerprint density at radius 1 is 1.13 bits per heavy atom. The molecule has 0 aliphatic rings. The molecule has 0 saturated heterocycles. The number of nitrogens with zero attached hydrogens (tertiary/aromatic N) is 1. The molecule has 31 heavy (non-hydrogen) atoms. The van der Waals surface area contributed by atoms with E-state index in [0.717, 1.165) is 24.0 Å². The number of halogens is 5. The van der Waals surface area contributed by atoms with Crippen LogP contribution in [0, 0.1) is 6.92 Å². The second-order valence-electron chi connectivity index (χ2n) is 6.54. The smallest absolute Gasteiger partial charge is 0.417 e. The van der Waals surface area contributed by atoms with Crippen molar-refractivity contribution in [1.82, 2.24) is 5.32 Å². The molecule has 0 bridgehead atoms. The van der Waals surface area contributed by atoms with Gasteiger partial charge in [0.2, 0.25) is 15.9 Å². The third kappa shape index (κ3) is 7.19. The highest BCUT2D eigenvalue weighted by molar-refractivity contribution is 7.92. The number of aryl methyl sites for hydroxylation is 1. The highest BCUT2D eigenvalue weighted by Gasteiger charge is 2.34. The van der Waals surface area contributed by atoms with Crippen LogP contribution in [0.1, 0.15) is 11.1 Å². The van der Waals surface area contributed by atoms with Crippen molar-refractivity contribution in [2.45, 2.75) is 13.1 Å². The van der Waals surface area contributed by atoms with Gasteiger partial charge in [-0.2, -0.15) is 13.2 Å². The Labute approximate surface area is 187 Å². The molecule has 12 heteroatoms. The van der Waals surface area contributed by atoms with Gasteiger partial charge in [-0.3, -0.25) is 9.10 Å². The van der Waals surface area contributed by atoms with Gasteiger partial charge in [0.05, 0.1) is 29.1 Å². The SMILES string of the molecule is Cc1ccc(OCCNC(=O)CN(c2ccc(Cl)c(C(F)(F)F)c2)S(C)(=O)=O)cc1Cl. The molecule has 170 valence electrons. The lowest BCUT2D eigenvalue weighted by atomic mass is 10.2. The van der Waals surface area contributed by atoms with Crippen molar-refractivity contribution >= 4 is 44.8 Å². The maximum absolute atomic E-state index is 13.1. The zero-order valence-corrected chi connectivity index (χ0v) is 18.8. The van der Waals surface area contributed by atoms with Gasteiger partial charge in [0.15, 0.2) is 0 Å². The molecular formula is C19H19Cl2F3N2O4S. The number of ether oxygens (including phenoxy) is 1. The highest BCUT2D eigenvalue weighted by atomic mass is 35.5. The van der Waals surface area contributed by atoms with Crippen molar-refractivity contribution in [2.75, 3.05) is 30.3 Å². The van der Waals surface area contributed by atoms with E-state index in [2.05, 4.69) is 5.32 Å². The van der Waals surface area contributed by atoms with Crippen molar-refractivity contribution in [3.63, 3.8) is 0 Å². The monoisotopic (exact) mass is 498 g/mol. The van der Waals surface area contributed by atoms with E-state index in [4.69, 9.17) is 27.9 Å². The maximum Gasteiger partial charge on any atom is 0.417 e. The van der Waals surface area contributed by atoms with E-state index in [-0.39, 0.29) is 18.8 Å². The Kier molecular flexibility index (Phi) is 8.07. The minimum Gasteiger partial charge on any atom is -0.492 e. The quantitative estimate of drug-likeness (QED) is 0.551. The molecule has 0 aromatic heterocycles. The zero-order valence-electron chi connectivity index (χ0n) is 16.5. The molecule has 0 unspecified atom stereocenters. The van der Waals surface area contributed by atoms with Crippen molar-refractivity contribution in [3.05, 3.63) is 57.6 Å². The first-order valence-electron chi connectivity index (χ1n) is 8.79. The van der Waals surface area contributed by atoms with Crippen LogP contribution < -0.4 is 14.4 Å². The molecule has 0 heterocycles. The van der Waals surface area contributed by atoms with Crippen LogP contribution in [0.25, 0.3) is 0 Å². The van der Waals surface area contributed by atoms with Gasteiger partial charge in [-0.05, 0) is 42.8 Å². The summed E-state index contributed by atoms with van der Waals surface area (Å²) in [7, 11) is -4.05. The predicted molar refractivity (Wildman–Crippen MR) is 113 cm³/mol. The number of hydrogen-bond donors (Lipinski definition) is 1. The molecule has 2 rings (SSSR count). The van der Waals surface area contributed by atoms with E-state index in [0.29, 0.717) is 21.1 Å².